The molecule has 0 bridgehead atoms. The number of hydrogen-bond acceptors (Lipinski definition) is 2. The highest BCUT2D eigenvalue weighted by Gasteiger charge is 2.26. The summed E-state index contributed by atoms with van der Waals surface area (Å²) in [7, 11) is 0. The van der Waals surface area contributed by atoms with E-state index in [-0.39, 0.29) is 15.6 Å². The highest BCUT2D eigenvalue weighted by Crippen LogP contribution is 2.31. The van der Waals surface area contributed by atoms with Gasteiger partial charge in [0.1, 0.15) is 11.4 Å². The highest BCUT2D eigenvalue weighted by molar-refractivity contribution is 9.12. The molecule has 0 saturated heterocycles. The van der Waals surface area contributed by atoms with Gasteiger partial charge in [0, 0.05) is 5.33 Å². The minimum absolute atomic E-state index is 0.107. The summed E-state index contributed by atoms with van der Waals surface area (Å²) < 4.78 is 5.21. The fourth-order valence-corrected chi connectivity index (χ4v) is 2.50. The van der Waals surface area contributed by atoms with Crippen molar-refractivity contribution in [2.24, 2.45) is 0 Å². The monoisotopic (exact) mass is 504 g/mol. The number of ether oxygens (including phenoxy) is 1. The Kier molecular flexibility index (Phi) is 8.07. The molecule has 6 heteroatoms. The first-order valence-electron chi connectivity index (χ1n) is 5.26. The Morgan fingerprint density at radius 1 is 1.17 bits per heavy atom. The molecule has 100 valence electrons. The summed E-state index contributed by atoms with van der Waals surface area (Å²) >= 11 is 13.6. The van der Waals surface area contributed by atoms with Crippen molar-refractivity contribution in [3.63, 3.8) is 0 Å². The van der Waals surface area contributed by atoms with Crippen molar-refractivity contribution in [3.8, 4) is 0 Å². The quantitative estimate of drug-likeness (QED) is 0.416. The first kappa shape index (κ1) is 16.7. The van der Waals surface area contributed by atoms with Gasteiger partial charge in [-0.2, -0.15) is 0 Å². The molecule has 18 heavy (non-hydrogen) atoms. The summed E-state index contributed by atoms with van der Waals surface area (Å²) in [5.74, 6) is -0.272. The lowest BCUT2D eigenvalue weighted by Crippen LogP contribution is -2.24. The lowest BCUT2D eigenvalue weighted by atomic mass is 10.1. The van der Waals surface area contributed by atoms with Crippen LogP contribution in [0.1, 0.15) is 10.4 Å². The zero-order valence-electron chi connectivity index (χ0n) is 9.36. The molecule has 0 fully saturated rings. The third-order valence-electron chi connectivity index (χ3n) is 2.17. The van der Waals surface area contributed by atoms with Crippen LogP contribution in [0, 0.1) is 0 Å². The number of carbonyl (C=O) groups is 1. The molecule has 0 unspecified atom stereocenters. The lowest BCUT2D eigenvalue weighted by Gasteiger charge is -2.17. The van der Waals surface area contributed by atoms with Crippen LogP contribution < -0.4 is 0 Å². The van der Waals surface area contributed by atoms with Gasteiger partial charge in [-0.1, -0.05) is 94.1 Å². The third-order valence-corrected chi connectivity index (χ3v) is 7.08. The van der Waals surface area contributed by atoms with Gasteiger partial charge in [-0.25, -0.2) is 0 Å². The van der Waals surface area contributed by atoms with E-state index in [1.807, 2.05) is 30.3 Å². The predicted octanol–water partition coefficient (Wildman–Crippen LogP) is 4.59. The van der Waals surface area contributed by atoms with Crippen LogP contribution in [0.2, 0.25) is 0 Å². The number of rotatable bonds is 6. The standard InChI is InChI=1S/C12H12Br4O2/c13-6-9(14)7-18-12(17)11(16)10(15)8-4-2-1-3-5-8/h1-5,9-11H,6-7H2/t9-,10+,11-/m1/s1. The SMILES string of the molecule is O=C(OC[C@H](Br)CBr)[C@H](Br)[C@@H](Br)c1ccccc1. The molecule has 0 spiro atoms. The topological polar surface area (TPSA) is 26.3 Å². The fraction of sp³-hybridized carbons (Fsp3) is 0.417. The Labute approximate surface area is 140 Å². The van der Waals surface area contributed by atoms with Gasteiger partial charge in [-0.05, 0) is 5.56 Å². The van der Waals surface area contributed by atoms with Crippen LogP contribution >= 0.6 is 63.7 Å². The molecule has 1 aromatic carbocycles. The smallest absolute Gasteiger partial charge is 0.321 e. The third kappa shape index (κ3) is 5.31. The van der Waals surface area contributed by atoms with E-state index in [9.17, 15) is 4.79 Å². The second-order valence-corrected chi connectivity index (χ2v) is 7.51. The maximum atomic E-state index is 11.8. The molecule has 0 saturated carbocycles. The lowest BCUT2D eigenvalue weighted by molar-refractivity contribution is -0.142. The van der Waals surface area contributed by atoms with E-state index in [0.29, 0.717) is 6.61 Å². The molecule has 0 aromatic heterocycles. The Morgan fingerprint density at radius 2 is 1.78 bits per heavy atom. The minimum atomic E-state index is -0.407. The molecule has 1 rings (SSSR count). The van der Waals surface area contributed by atoms with Crippen LogP contribution in [-0.2, 0) is 9.53 Å². The first-order valence-corrected chi connectivity index (χ1v) is 9.13. The maximum Gasteiger partial charge on any atom is 0.321 e. The van der Waals surface area contributed by atoms with E-state index >= 15 is 0 Å². The molecule has 0 radical (unpaired) electrons. The van der Waals surface area contributed by atoms with Crippen molar-refractivity contribution in [1.29, 1.82) is 0 Å². The maximum absolute atomic E-state index is 11.8. The second kappa shape index (κ2) is 8.72. The number of carbonyl (C=O) groups excluding carboxylic acids is 1. The molecule has 0 amide bonds. The first-order chi connectivity index (χ1) is 8.56. The Hall–Kier alpha value is 0.610. The summed E-state index contributed by atoms with van der Waals surface area (Å²) in [4.78, 5) is 11.5. The minimum Gasteiger partial charge on any atom is -0.464 e. The fourth-order valence-electron chi connectivity index (χ4n) is 1.22. The predicted molar refractivity (Wildman–Crippen MR) is 88.3 cm³/mol. The van der Waals surface area contributed by atoms with E-state index in [0.717, 1.165) is 10.9 Å². The van der Waals surface area contributed by atoms with E-state index in [1.54, 1.807) is 0 Å². The van der Waals surface area contributed by atoms with Gasteiger partial charge in [-0.15, -0.1) is 0 Å². The Morgan fingerprint density at radius 3 is 2.33 bits per heavy atom. The van der Waals surface area contributed by atoms with Crippen LogP contribution in [-0.4, -0.2) is 27.6 Å². The largest absolute Gasteiger partial charge is 0.464 e. The van der Waals surface area contributed by atoms with Crippen molar-refractivity contribution in [1.82, 2.24) is 0 Å². The number of benzene rings is 1. The Bertz CT molecular complexity index is 372. The van der Waals surface area contributed by atoms with Crippen LogP contribution in [0.5, 0.6) is 0 Å². The molecular formula is C12H12Br4O2. The van der Waals surface area contributed by atoms with E-state index in [4.69, 9.17) is 4.74 Å². The van der Waals surface area contributed by atoms with Crippen molar-refractivity contribution in [2.75, 3.05) is 11.9 Å². The van der Waals surface area contributed by atoms with E-state index < -0.39 is 4.83 Å². The van der Waals surface area contributed by atoms with Crippen LogP contribution in [0.3, 0.4) is 0 Å². The van der Waals surface area contributed by atoms with Crippen LogP contribution in [0.25, 0.3) is 0 Å². The molecule has 2 nitrogen and oxygen atoms in total. The van der Waals surface area contributed by atoms with Gasteiger partial charge >= 0.3 is 5.97 Å². The molecule has 0 N–H and O–H groups in total. The van der Waals surface area contributed by atoms with Crippen molar-refractivity contribution in [2.45, 2.75) is 14.5 Å². The summed E-state index contributed by atoms with van der Waals surface area (Å²) in [6.07, 6.45) is 0. The van der Waals surface area contributed by atoms with Crippen molar-refractivity contribution < 1.29 is 9.53 Å². The molecule has 3 atom stereocenters. The zero-order chi connectivity index (χ0) is 13.5. The molecule has 0 aliphatic carbocycles. The zero-order valence-corrected chi connectivity index (χ0v) is 15.7. The molecule has 0 aliphatic heterocycles. The van der Waals surface area contributed by atoms with Gasteiger partial charge in [-0.3, -0.25) is 4.79 Å². The average molecular weight is 508 g/mol. The van der Waals surface area contributed by atoms with Crippen LogP contribution in [0.4, 0.5) is 0 Å². The second-order valence-electron chi connectivity index (χ2n) is 3.60. The van der Waals surface area contributed by atoms with E-state index in [2.05, 4.69) is 63.7 Å². The number of hydrogen-bond donors (Lipinski definition) is 0. The molecule has 0 aliphatic rings. The van der Waals surface area contributed by atoms with Crippen LogP contribution in [0.15, 0.2) is 30.3 Å². The van der Waals surface area contributed by atoms with Crippen molar-refractivity contribution >= 4 is 69.7 Å². The number of halogens is 4. The normalized spacial score (nSPS) is 15.8. The summed E-state index contributed by atoms with van der Waals surface area (Å²) in [6, 6.07) is 9.75. The highest BCUT2D eigenvalue weighted by atomic mass is 79.9. The Balaban J connectivity index is 2.53. The molecule has 0 heterocycles. The van der Waals surface area contributed by atoms with Gasteiger partial charge in [0.25, 0.3) is 0 Å². The number of alkyl halides is 4. The molecule has 1 aromatic rings. The number of esters is 1. The molecular weight excluding hydrogens is 496 g/mol. The van der Waals surface area contributed by atoms with Crippen molar-refractivity contribution in [3.05, 3.63) is 35.9 Å². The van der Waals surface area contributed by atoms with Gasteiger partial charge in [0.15, 0.2) is 0 Å². The van der Waals surface area contributed by atoms with Gasteiger partial charge in [0.2, 0.25) is 0 Å². The summed E-state index contributed by atoms with van der Waals surface area (Å²) in [5.41, 5.74) is 1.03. The summed E-state index contributed by atoms with van der Waals surface area (Å²) in [6.45, 7) is 0.348. The average Bonchev–Trinajstić information content (AvgIpc) is 2.43. The van der Waals surface area contributed by atoms with Gasteiger partial charge < -0.3 is 4.74 Å². The van der Waals surface area contributed by atoms with Gasteiger partial charge in [0.05, 0.1) is 9.65 Å². The van der Waals surface area contributed by atoms with E-state index in [1.165, 1.54) is 0 Å². The summed E-state index contributed by atoms with van der Waals surface area (Å²) in [5, 5.41) is 0.740.